The molecule has 23 rings (SSSR count). The van der Waals surface area contributed by atoms with Crippen LogP contribution < -0.4 is 62.2 Å². The lowest BCUT2D eigenvalue weighted by Crippen LogP contribution is -2.74. The number of hydrogen-bond donors (Lipinski definition) is 0. The fourth-order valence-corrected chi connectivity index (χ4v) is 39.3. The van der Waals surface area contributed by atoms with Gasteiger partial charge in [0.2, 0.25) is 5.95 Å². The molecule has 4 aromatic heterocycles. The predicted molar refractivity (Wildman–Crippen MR) is 541 cm³/mol. The Morgan fingerprint density at radius 1 is 0.173 bits per heavy atom. The smallest absolute Gasteiger partial charge is 0.237 e. The van der Waals surface area contributed by atoms with Crippen molar-refractivity contribution in [2.75, 3.05) is 0 Å². The van der Waals surface area contributed by atoms with Crippen molar-refractivity contribution in [1.29, 1.82) is 0 Å². The van der Waals surface area contributed by atoms with Crippen LogP contribution in [0.15, 0.2) is 535 Å². The van der Waals surface area contributed by atoms with Crippen molar-refractivity contribution < 1.29 is 0 Å². The monoisotopic (exact) mass is 1690 g/mol. The van der Waals surface area contributed by atoms with Gasteiger partial charge < -0.3 is 4.57 Å². The van der Waals surface area contributed by atoms with Crippen molar-refractivity contribution in [1.82, 2.24) is 23.7 Å². The first-order chi connectivity index (χ1) is 63.0. The van der Waals surface area contributed by atoms with Gasteiger partial charge in [-0.05, 0) is 159 Å². The Labute approximate surface area is 743 Å². The molecule has 0 amide bonds. The highest BCUT2D eigenvalue weighted by atomic mass is 32.3. The van der Waals surface area contributed by atoms with Crippen LogP contribution in [0.5, 0.6) is 0 Å². The molecular formula is C118H85N5SSi3. The number of para-hydroxylation sites is 2. The average molecular weight is 1690 g/mol. The summed E-state index contributed by atoms with van der Waals surface area (Å²) >= 11 is 0. The Kier molecular flexibility index (Phi) is 19.3. The molecular weight excluding hydrogens is 1600 g/mol. The van der Waals surface area contributed by atoms with Gasteiger partial charge in [0.05, 0.1) is 38.8 Å². The van der Waals surface area contributed by atoms with E-state index in [0.717, 1.165) is 77.4 Å². The van der Waals surface area contributed by atoms with E-state index in [9.17, 15) is 0 Å². The molecule has 0 unspecified atom stereocenters. The van der Waals surface area contributed by atoms with Gasteiger partial charge >= 0.3 is 0 Å². The van der Waals surface area contributed by atoms with Crippen molar-refractivity contribution in [3.63, 3.8) is 0 Å². The third-order valence-corrected chi connectivity index (χ3v) is 44.6. The van der Waals surface area contributed by atoms with Crippen LogP contribution in [0.2, 0.25) is 0 Å². The SMILES string of the molecule is c1ccc([Si](c2ccccc2)(c2ccccc2)c2ccc3c(c2)c2cc(S(c4ccccc4)(c4ccccc4)c4ccccc4)ccc2n3-c2cc(-c3cccc(-n4c5ccccc5c5ccccc54)c3)nc(-n3c4ccc([Si](c5ccccc5)(c5ccccc5)c5ccccc5)cc4c4cc([Si](c5ccccc5)(c5ccccc5)c5ccccc5)ccc43)n2)cc1. The molecule has 4 heterocycles. The zero-order chi connectivity index (χ0) is 84.3. The molecule has 0 atom stereocenters. The van der Waals surface area contributed by atoms with Crippen molar-refractivity contribution in [3.05, 3.63) is 516 Å². The third kappa shape index (κ3) is 12.4. The van der Waals surface area contributed by atoms with Gasteiger partial charge in [-0.25, -0.2) is 4.98 Å². The molecule has 0 bridgehead atoms. The topological polar surface area (TPSA) is 40.6 Å². The Morgan fingerprint density at radius 3 is 0.780 bits per heavy atom. The lowest BCUT2D eigenvalue weighted by molar-refractivity contribution is 0.952. The molecule has 0 saturated carbocycles. The first-order valence-corrected chi connectivity index (χ1v) is 51.3. The van der Waals surface area contributed by atoms with Crippen LogP contribution in [0.1, 0.15) is 0 Å². The fraction of sp³-hybridized carbons (Fsp3) is 0. The van der Waals surface area contributed by atoms with E-state index in [1.54, 1.807) is 0 Å². The zero-order valence-corrected chi connectivity index (χ0v) is 73.5. The minimum atomic E-state index is -3.18. The highest BCUT2D eigenvalue weighted by Gasteiger charge is 2.46. The second-order valence-corrected chi connectivity index (χ2v) is 47.5. The van der Waals surface area contributed by atoms with E-state index in [1.165, 1.54) is 92.6 Å². The van der Waals surface area contributed by atoms with Gasteiger partial charge in [0.25, 0.3) is 0 Å². The van der Waals surface area contributed by atoms with Gasteiger partial charge in [-0.15, -0.1) is 10.0 Å². The quantitative estimate of drug-likeness (QED) is 0.0564. The third-order valence-electron chi connectivity index (χ3n) is 26.4. The number of nitrogens with zero attached hydrogens (tertiary/aromatic N) is 5. The summed E-state index contributed by atoms with van der Waals surface area (Å²) in [5.74, 6) is 1.27. The van der Waals surface area contributed by atoms with Crippen molar-refractivity contribution in [2.45, 2.75) is 19.6 Å². The molecule has 9 heteroatoms. The van der Waals surface area contributed by atoms with Crippen LogP contribution in [-0.2, 0) is 0 Å². The van der Waals surface area contributed by atoms with E-state index in [2.05, 4.69) is 529 Å². The van der Waals surface area contributed by atoms with Gasteiger partial charge in [-0.1, -0.05) is 413 Å². The summed E-state index contributed by atoms with van der Waals surface area (Å²) in [6.07, 6.45) is 0. The van der Waals surface area contributed by atoms with Crippen LogP contribution in [0, 0.1) is 0 Å². The molecule has 600 valence electrons. The van der Waals surface area contributed by atoms with Crippen LogP contribution in [0.4, 0.5) is 0 Å². The fourth-order valence-electron chi connectivity index (χ4n) is 21.1. The molecule has 23 aromatic rings. The van der Waals surface area contributed by atoms with Crippen LogP contribution in [-0.4, -0.2) is 47.9 Å². The first kappa shape index (κ1) is 76.5. The standard InChI is InChI=1S/C118H85N5SSi3/c1-13-44-88(45-14-1)124(89-46-15-2-16-47-89,90-48-17-3-18-49-90)91-72-76-113-106(81-91)107-82-101(125(92-50-19-4-20-51-92,93-52-21-5-22-53-93)94-54-23-6-24-55-94)73-77-114(107)122(113)117-85-110(86-42-41-43-87(80-86)121-111-70-39-37-68-104(111)105-69-38-40-71-112(105)121)119-118(120-117)123-115-78-74-102(126(95-56-25-7-26-57-95,96-58-27-8-28-59-96)97-60-29-9-30-61-97)83-108(115)109-84-103(75-79-116(109)123)127(98-62-31-10-32-63-98,99-64-33-11-34-65-99)100-66-35-12-36-67-100/h1-85H. The summed E-state index contributed by atoms with van der Waals surface area (Å²) in [4.78, 5) is 17.4. The van der Waals surface area contributed by atoms with Gasteiger partial charge in [0, 0.05) is 69.2 Å². The molecule has 0 fully saturated rings. The average Bonchev–Trinajstić information content (AvgIpc) is 1.60. The lowest BCUT2D eigenvalue weighted by atomic mass is 10.1. The van der Waals surface area contributed by atoms with E-state index < -0.39 is 34.2 Å². The number of aromatic nitrogens is 5. The van der Waals surface area contributed by atoms with Crippen LogP contribution >= 0.6 is 10.0 Å². The first-order valence-electron chi connectivity index (χ1n) is 43.7. The highest BCUT2D eigenvalue weighted by molar-refractivity contribution is 8.34. The molecule has 19 aromatic carbocycles. The number of hydrogen-bond acceptors (Lipinski definition) is 2. The molecule has 0 spiro atoms. The molecule has 0 aliphatic heterocycles. The Balaban J connectivity index is 0.860. The van der Waals surface area contributed by atoms with Crippen LogP contribution in [0.3, 0.4) is 0 Å². The van der Waals surface area contributed by atoms with Crippen molar-refractivity contribution >= 4 is 162 Å². The molecule has 0 saturated heterocycles. The Hall–Kier alpha value is -15.3. The largest absolute Gasteiger partial charge is 0.309 e. The maximum absolute atomic E-state index is 6.30. The number of benzene rings is 19. The summed E-state index contributed by atoms with van der Waals surface area (Å²) in [6, 6.07) is 194. The number of fused-ring (bicyclic) bond motifs is 9. The van der Waals surface area contributed by atoms with E-state index in [-0.39, 0.29) is 0 Å². The Bertz CT molecular complexity index is 6770. The molecule has 0 aliphatic rings. The normalized spacial score (nSPS) is 12.2. The summed E-state index contributed by atoms with van der Waals surface area (Å²) < 4.78 is 7.28. The molecule has 0 aliphatic carbocycles. The maximum atomic E-state index is 6.30. The van der Waals surface area contributed by atoms with E-state index in [4.69, 9.17) is 9.97 Å². The zero-order valence-electron chi connectivity index (χ0n) is 69.7. The van der Waals surface area contributed by atoms with Gasteiger partial charge in [-0.3, -0.25) is 9.13 Å². The maximum Gasteiger partial charge on any atom is 0.237 e. The van der Waals surface area contributed by atoms with Crippen LogP contribution in [0.25, 0.3) is 94.1 Å². The minimum Gasteiger partial charge on any atom is -0.309 e. The Morgan fingerprint density at radius 2 is 0.449 bits per heavy atom. The van der Waals surface area contributed by atoms with E-state index in [1.807, 2.05) is 0 Å². The molecule has 5 nitrogen and oxygen atoms in total. The second kappa shape index (κ2) is 32.1. The molecule has 127 heavy (non-hydrogen) atoms. The molecule has 0 radical (unpaired) electrons. The van der Waals surface area contributed by atoms with Crippen molar-refractivity contribution in [3.8, 4) is 28.7 Å². The van der Waals surface area contributed by atoms with Gasteiger partial charge in [0.1, 0.15) is 5.82 Å². The summed E-state index contributed by atoms with van der Waals surface area (Å²) in [5, 5.41) is 22.4. The van der Waals surface area contributed by atoms with Crippen molar-refractivity contribution in [2.24, 2.45) is 0 Å². The van der Waals surface area contributed by atoms with E-state index >= 15 is 0 Å². The molecule has 0 N–H and O–H groups in total. The minimum absolute atomic E-state index is 0.540. The van der Waals surface area contributed by atoms with Gasteiger partial charge in [-0.2, -0.15) is 4.98 Å². The lowest BCUT2D eigenvalue weighted by Gasteiger charge is -2.42. The van der Waals surface area contributed by atoms with Gasteiger partial charge in [0.15, 0.2) is 24.2 Å². The summed E-state index contributed by atoms with van der Waals surface area (Å²) in [7, 11) is -11.7. The van der Waals surface area contributed by atoms with E-state index in [0.29, 0.717) is 5.95 Å². The summed E-state index contributed by atoms with van der Waals surface area (Å²) in [6.45, 7) is 0. The summed E-state index contributed by atoms with van der Waals surface area (Å²) in [5.41, 5.74) is 9.02. The second-order valence-electron chi connectivity index (χ2n) is 33.0. The number of rotatable bonds is 20. The predicted octanol–water partition coefficient (Wildman–Crippen LogP) is 20.9. The highest BCUT2D eigenvalue weighted by Crippen LogP contribution is 2.73.